The third-order valence-electron chi connectivity index (χ3n) is 2.59. The molecule has 1 unspecified atom stereocenters. The summed E-state index contributed by atoms with van der Waals surface area (Å²) in [6.45, 7) is 1.18. The van der Waals surface area contributed by atoms with Crippen molar-refractivity contribution >= 4 is 22.6 Å². The average Bonchev–Trinajstić information content (AvgIpc) is 2.20. The molecule has 1 N–H and O–H groups in total. The van der Waals surface area contributed by atoms with Gasteiger partial charge in [0.25, 0.3) is 0 Å². The summed E-state index contributed by atoms with van der Waals surface area (Å²) in [4.78, 5) is 0. The number of halogens is 1. The largest absolute Gasteiger partial charge is 0.310 e. The maximum Gasteiger partial charge on any atom is 0.0330 e. The van der Waals surface area contributed by atoms with Gasteiger partial charge in [0.05, 0.1) is 0 Å². The molecule has 1 heterocycles. The molecule has 0 amide bonds. The van der Waals surface area contributed by atoms with E-state index < -0.39 is 0 Å². The number of nitrogens with one attached hydrogen (secondary N) is 1. The standard InChI is InChI=1S/C11H14IN/c12-10-6-2-1-5-9(10)11-7-3-4-8-13-11/h1-2,5-6,11,13H,3-4,7-8H2. The van der Waals surface area contributed by atoms with Gasteiger partial charge in [-0.05, 0) is 53.6 Å². The van der Waals surface area contributed by atoms with Crippen molar-refractivity contribution in [2.75, 3.05) is 6.54 Å². The molecule has 70 valence electrons. The summed E-state index contributed by atoms with van der Waals surface area (Å²) in [5.74, 6) is 0. The van der Waals surface area contributed by atoms with E-state index in [1.807, 2.05) is 0 Å². The van der Waals surface area contributed by atoms with Gasteiger partial charge < -0.3 is 5.32 Å². The molecule has 0 bridgehead atoms. The molecule has 2 heteroatoms. The second-order valence-corrected chi connectivity index (χ2v) is 4.69. The maximum atomic E-state index is 3.57. The predicted molar refractivity (Wildman–Crippen MR) is 63.8 cm³/mol. The van der Waals surface area contributed by atoms with Crippen molar-refractivity contribution in [3.05, 3.63) is 33.4 Å². The van der Waals surface area contributed by atoms with Crippen molar-refractivity contribution in [3.63, 3.8) is 0 Å². The zero-order chi connectivity index (χ0) is 9.10. The minimum Gasteiger partial charge on any atom is -0.310 e. The van der Waals surface area contributed by atoms with E-state index in [9.17, 15) is 0 Å². The summed E-state index contributed by atoms with van der Waals surface area (Å²) >= 11 is 2.42. The van der Waals surface area contributed by atoms with Gasteiger partial charge in [0.15, 0.2) is 0 Å². The van der Waals surface area contributed by atoms with Gasteiger partial charge in [0, 0.05) is 9.61 Å². The molecular formula is C11H14IN. The molecule has 1 saturated heterocycles. The average molecular weight is 287 g/mol. The predicted octanol–water partition coefficient (Wildman–Crippen LogP) is 3.11. The highest BCUT2D eigenvalue weighted by atomic mass is 127. The number of hydrogen-bond acceptors (Lipinski definition) is 1. The van der Waals surface area contributed by atoms with Gasteiger partial charge in [0.2, 0.25) is 0 Å². The molecule has 1 aliphatic rings. The fourth-order valence-corrected chi connectivity index (χ4v) is 2.64. The second kappa shape index (κ2) is 4.42. The second-order valence-electron chi connectivity index (χ2n) is 3.52. The molecule has 0 saturated carbocycles. The zero-order valence-electron chi connectivity index (χ0n) is 7.59. The Labute approximate surface area is 93.1 Å². The molecule has 0 aliphatic carbocycles. The van der Waals surface area contributed by atoms with Crippen LogP contribution < -0.4 is 5.32 Å². The van der Waals surface area contributed by atoms with Crippen molar-refractivity contribution in [2.45, 2.75) is 25.3 Å². The Balaban J connectivity index is 2.18. The molecule has 2 rings (SSSR count). The Morgan fingerprint density at radius 2 is 2.08 bits per heavy atom. The lowest BCUT2D eigenvalue weighted by molar-refractivity contribution is 0.411. The number of piperidine rings is 1. The molecule has 1 atom stereocenters. The van der Waals surface area contributed by atoms with Crippen LogP contribution in [0.15, 0.2) is 24.3 Å². The monoisotopic (exact) mass is 287 g/mol. The van der Waals surface area contributed by atoms with Crippen LogP contribution in [0.25, 0.3) is 0 Å². The van der Waals surface area contributed by atoms with Gasteiger partial charge in [-0.25, -0.2) is 0 Å². The number of rotatable bonds is 1. The molecule has 0 radical (unpaired) electrons. The lowest BCUT2D eigenvalue weighted by Gasteiger charge is -2.24. The highest BCUT2D eigenvalue weighted by Crippen LogP contribution is 2.26. The topological polar surface area (TPSA) is 12.0 Å². The maximum absolute atomic E-state index is 3.57. The highest BCUT2D eigenvalue weighted by Gasteiger charge is 2.15. The van der Waals surface area contributed by atoms with Crippen LogP contribution in [0.3, 0.4) is 0 Å². The highest BCUT2D eigenvalue weighted by molar-refractivity contribution is 14.1. The Kier molecular flexibility index (Phi) is 3.22. The van der Waals surface area contributed by atoms with Crippen molar-refractivity contribution in [2.24, 2.45) is 0 Å². The molecule has 0 aromatic heterocycles. The first kappa shape index (κ1) is 9.46. The van der Waals surface area contributed by atoms with Crippen LogP contribution in [-0.2, 0) is 0 Å². The van der Waals surface area contributed by atoms with Gasteiger partial charge in [-0.2, -0.15) is 0 Å². The molecule has 13 heavy (non-hydrogen) atoms. The molecular weight excluding hydrogens is 273 g/mol. The van der Waals surface area contributed by atoms with Gasteiger partial charge in [-0.3, -0.25) is 0 Å². The summed E-state index contributed by atoms with van der Waals surface area (Å²) in [7, 11) is 0. The fraction of sp³-hybridized carbons (Fsp3) is 0.455. The molecule has 1 fully saturated rings. The van der Waals surface area contributed by atoms with Crippen molar-refractivity contribution in [1.82, 2.24) is 5.32 Å². The quantitative estimate of drug-likeness (QED) is 0.783. The summed E-state index contributed by atoms with van der Waals surface area (Å²) in [6.07, 6.45) is 3.99. The smallest absolute Gasteiger partial charge is 0.0330 e. The van der Waals surface area contributed by atoms with Crippen LogP contribution in [0, 0.1) is 3.57 Å². The van der Waals surface area contributed by atoms with Gasteiger partial charge in [-0.15, -0.1) is 0 Å². The number of benzene rings is 1. The van der Waals surface area contributed by atoms with Crippen LogP contribution in [0.2, 0.25) is 0 Å². The van der Waals surface area contributed by atoms with Crippen molar-refractivity contribution in [1.29, 1.82) is 0 Å². The summed E-state index contributed by atoms with van der Waals surface area (Å²) in [5, 5.41) is 3.57. The molecule has 0 spiro atoms. The van der Waals surface area contributed by atoms with E-state index in [0.29, 0.717) is 6.04 Å². The third-order valence-corrected chi connectivity index (χ3v) is 3.57. The van der Waals surface area contributed by atoms with E-state index in [1.165, 1.54) is 34.9 Å². The Bertz CT molecular complexity index is 279. The van der Waals surface area contributed by atoms with E-state index in [2.05, 4.69) is 52.2 Å². The first-order valence-electron chi connectivity index (χ1n) is 4.86. The lowest BCUT2D eigenvalue weighted by Crippen LogP contribution is -2.27. The zero-order valence-corrected chi connectivity index (χ0v) is 9.75. The van der Waals surface area contributed by atoms with Gasteiger partial charge >= 0.3 is 0 Å². The minimum absolute atomic E-state index is 0.599. The molecule has 1 nitrogen and oxygen atoms in total. The normalized spacial score (nSPS) is 23.0. The van der Waals surface area contributed by atoms with Crippen molar-refractivity contribution in [3.8, 4) is 0 Å². The van der Waals surface area contributed by atoms with E-state index in [0.717, 1.165) is 0 Å². The number of hydrogen-bond donors (Lipinski definition) is 1. The van der Waals surface area contributed by atoms with Crippen LogP contribution in [0.1, 0.15) is 30.9 Å². The summed E-state index contributed by atoms with van der Waals surface area (Å²) < 4.78 is 1.39. The van der Waals surface area contributed by atoms with Gasteiger partial charge in [0.1, 0.15) is 0 Å². The van der Waals surface area contributed by atoms with Crippen LogP contribution in [0.5, 0.6) is 0 Å². The van der Waals surface area contributed by atoms with Gasteiger partial charge in [-0.1, -0.05) is 24.6 Å². The van der Waals surface area contributed by atoms with Crippen LogP contribution >= 0.6 is 22.6 Å². The lowest BCUT2D eigenvalue weighted by atomic mass is 9.98. The first-order valence-corrected chi connectivity index (χ1v) is 5.93. The van der Waals surface area contributed by atoms with Crippen molar-refractivity contribution < 1.29 is 0 Å². The summed E-state index contributed by atoms with van der Waals surface area (Å²) in [6, 6.07) is 9.26. The third kappa shape index (κ3) is 2.23. The molecule has 1 aliphatic heterocycles. The van der Waals surface area contributed by atoms with Crippen LogP contribution in [0.4, 0.5) is 0 Å². The molecule has 1 aromatic rings. The Hall–Kier alpha value is -0.0900. The SMILES string of the molecule is Ic1ccccc1C1CCCCN1. The Morgan fingerprint density at radius 3 is 2.77 bits per heavy atom. The Morgan fingerprint density at radius 1 is 1.23 bits per heavy atom. The van der Waals surface area contributed by atoms with E-state index in [-0.39, 0.29) is 0 Å². The molecule has 1 aromatic carbocycles. The van der Waals surface area contributed by atoms with Crippen LogP contribution in [-0.4, -0.2) is 6.54 Å². The van der Waals surface area contributed by atoms with E-state index >= 15 is 0 Å². The van der Waals surface area contributed by atoms with E-state index in [4.69, 9.17) is 0 Å². The van der Waals surface area contributed by atoms with E-state index in [1.54, 1.807) is 0 Å². The summed E-state index contributed by atoms with van der Waals surface area (Å²) in [5.41, 5.74) is 1.47. The first-order chi connectivity index (χ1) is 6.38. The fourth-order valence-electron chi connectivity index (χ4n) is 1.87. The minimum atomic E-state index is 0.599.